The van der Waals surface area contributed by atoms with E-state index in [-0.39, 0.29) is 0 Å². The third kappa shape index (κ3) is 3.63. The Labute approximate surface area is 267 Å². The van der Waals surface area contributed by atoms with E-state index in [0.29, 0.717) is 11.6 Å². The van der Waals surface area contributed by atoms with E-state index in [1.54, 1.807) is 0 Å². The van der Waals surface area contributed by atoms with Crippen LogP contribution in [0.2, 0.25) is 0 Å². The maximum Gasteiger partial charge on any atom is 0.237 e. The second-order valence-electron chi connectivity index (χ2n) is 11.6. The van der Waals surface area contributed by atoms with Crippen molar-refractivity contribution in [2.75, 3.05) is 0 Å². The highest BCUT2D eigenvalue weighted by atomic mass is 32.1. The molecule has 0 fully saturated rings. The fourth-order valence-electron chi connectivity index (χ4n) is 7.07. The van der Waals surface area contributed by atoms with Crippen LogP contribution in [0.1, 0.15) is 0 Å². The van der Waals surface area contributed by atoms with Crippen LogP contribution >= 0.6 is 11.3 Å². The van der Waals surface area contributed by atoms with Crippen molar-refractivity contribution in [3.05, 3.63) is 146 Å². The van der Waals surface area contributed by atoms with Gasteiger partial charge in [-0.15, -0.1) is 11.3 Å². The van der Waals surface area contributed by atoms with Crippen molar-refractivity contribution >= 4 is 75.1 Å². The fourth-order valence-corrected chi connectivity index (χ4v) is 8.32. The van der Waals surface area contributed by atoms with Gasteiger partial charge in [0.2, 0.25) is 5.95 Å². The Morgan fingerprint density at radius 1 is 0.500 bits per heavy atom. The third-order valence-electron chi connectivity index (χ3n) is 9.05. The summed E-state index contributed by atoms with van der Waals surface area (Å²) in [7, 11) is 0. The third-order valence-corrected chi connectivity index (χ3v) is 10.3. The van der Waals surface area contributed by atoms with Crippen molar-refractivity contribution in [2.24, 2.45) is 0 Å². The first-order chi connectivity index (χ1) is 22.8. The summed E-state index contributed by atoms with van der Waals surface area (Å²) in [6.45, 7) is 0. The molecule has 6 aromatic carbocycles. The minimum Gasteiger partial charge on any atom is -0.277 e. The molecular weight excluding hydrogens is 581 g/mol. The predicted octanol–water partition coefficient (Wildman–Crippen LogP) is 11.0. The Bertz CT molecular complexity index is 2810. The molecule has 4 heterocycles. The normalized spacial score (nSPS) is 11.9. The molecule has 0 aliphatic carbocycles. The molecular formula is C41H24N4S. The number of aromatic nitrogens is 4. The first kappa shape index (κ1) is 25.4. The number of hydrogen-bond acceptors (Lipinski definition) is 4. The molecule has 10 aromatic rings. The largest absolute Gasteiger partial charge is 0.277 e. The average Bonchev–Trinajstić information content (AvgIpc) is 3.68. The van der Waals surface area contributed by atoms with Gasteiger partial charge in [0.05, 0.1) is 16.7 Å². The smallest absolute Gasteiger partial charge is 0.237 e. The molecule has 0 aliphatic heterocycles. The Morgan fingerprint density at radius 2 is 1.20 bits per heavy atom. The number of para-hydroxylation sites is 1. The maximum absolute atomic E-state index is 5.40. The zero-order valence-corrected chi connectivity index (χ0v) is 25.4. The summed E-state index contributed by atoms with van der Waals surface area (Å²) in [5.41, 5.74) is 7.07. The molecule has 10 rings (SSSR count). The van der Waals surface area contributed by atoms with E-state index in [1.165, 1.54) is 47.3 Å². The van der Waals surface area contributed by atoms with Crippen LogP contribution in [-0.4, -0.2) is 19.5 Å². The molecule has 0 aliphatic rings. The highest BCUT2D eigenvalue weighted by molar-refractivity contribution is 7.27. The van der Waals surface area contributed by atoms with Gasteiger partial charge in [-0.05, 0) is 41.5 Å². The quantitative estimate of drug-likeness (QED) is 0.201. The summed E-state index contributed by atoms with van der Waals surface area (Å²) >= 11 is 1.87. The van der Waals surface area contributed by atoms with Gasteiger partial charge in [-0.3, -0.25) is 4.57 Å². The van der Waals surface area contributed by atoms with Crippen molar-refractivity contribution in [2.45, 2.75) is 0 Å². The zero-order valence-electron chi connectivity index (χ0n) is 24.6. The topological polar surface area (TPSA) is 43.6 Å². The van der Waals surface area contributed by atoms with Crippen molar-refractivity contribution in [1.29, 1.82) is 0 Å². The zero-order chi connectivity index (χ0) is 30.2. The summed E-state index contributed by atoms with van der Waals surface area (Å²) < 4.78 is 4.86. The van der Waals surface area contributed by atoms with E-state index in [2.05, 4.69) is 132 Å². The molecule has 0 saturated heterocycles. The summed E-state index contributed by atoms with van der Waals surface area (Å²) in [5.74, 6) is 0.613. The van der Waals surface area contributed by atoms with E-state index in [1.807, 2.05) is 29.7 Å². The van der Waals surface area contributed by atoms with Crippen molar-refractivity contribution in [1.82, 2.24) is 19.5 Å². The van der Waals surface area contributed by atoms with Crippen LogP contribution < -0.4 is 0 Å². The van der Waals surface area contributed by atoms with Gasteiger partial charge in [0.1, 0.15) is 0 Å². The minimum absolute atomic E-state index is 0.613. The second kappa shape index (κ2) is 9.80. The number of nitrogens with zero attached hydrogens (tertiary/aromatic N) is 4. The van der Waals surface area contributed by atoms with Crippen LogP contribution in [0.15, 0.2) is 146 Å². The summed E-state index contributed by atoms with van der Waals surface area (Å²) in [4.78, 5) is 15.3. The van der Waals surface area contributed by atoms with E-state index >= 15 is 0 Å². The van der Waals surface area contributed by atoms with Gasteiger partial charge < -0.3 is 0 Å². The molecule has 0 N–H and O–H groups in total. The molecule has 0 bridgehead atoms. The Hall–Kier alpha value is -5.91. The monoisotopic (exact) mass is 604 g/mol. The average molecular weight is 605 g/mol. The molecule has 0 atom stereocenters. The molecule has 214 valence electrons. The van der Waals surface area contributed by atoms with Crippen LogP contribution in [0.4, 0.5) is 0 Å². The van der Waals surface area contributed by atoms with Crippen molar-refractivity contribution in [3.8, 4) is 28.3 Å². The fraction of sp³-hybridized carbons (Fsp3) is 0. The first-order valence-corrected chi connectivity index (χ1v) is 16.2. The number of thiophene rings is 1. The van der Waals surface area contributed by atoms with Crippen molar-refractivity contribution in [3.63, 3.8) is 0 Å². The minimum atomic E-state index is 0.613. The summed E-state index contributed by atoms with van der Waals surface area (Å²) in [6, 6.07) is 49.3. The molecule has 0 saturated carbocycles. The Kier molecular flexibility index (Phi) is 5.41. The lowest BCUT2D eigenvalue weighted by molar-refractivity contribution is 1.01. The van der Waals surface area contributed by atoms with Gasteiger partial charge in [-0.2, -0.15) is 4.98 Å². The number of benzene rings is 6. The number of hydrogen-bond donors (Lipinski definition) is 0. The molecule has 4 aromatic heterocycles. The van der Waals surface area contributed by atoms with Gasteiger partial charge in [0, 0.05) is 58.9 Å². The first-order valence-electron chi connectivity index (χ1n) is 15.4. The van der Waals surface area contributed by atoms with Gasteiger partial charge in [0.25, 0.3) is 0 Å². The van der Waals surface area contributed by atoms with Crippen LogP contribution in [-0.2, 0) is 0 Å². The van der Waals surface area contributed by atoms with Crippen LogP contribution in [0, 0.1) is 0 Å². The molecule has 46 heavy (non-hydrogen) atoms. The highest BCUT2D eigenvalue weighted by Crippen LogP contribution is 2.47. The molecule has 0 radical (unpaired) electrons. The van der Waals surface area contributed by atoms with Crippen LogP contribution in [0.5, 0.6) is 0 Å². The lowest BCUT2D eigenvalue weighted by Gasteiger charge is -2.13. The van der Waals surface area contributed by atoms with Crippen LogP contribution in [0.25, 0.3) is 92.1 Å². The standard InChI is InChI=1S/C41H24N4S/c1-2-12-25(13-3-1)26-14-10-15-27(24-26)37-32-20-11-23-42-40(32)44-41(43-37)45-33-21-8-6-18-30(33)35-36-31-19-7-9-22-34(31)46-39(36)29-17-5-4-16-28(29)38(35)45/h1-24H. The molecule has 0 spiro atoms. The van der Waals surface area contributed by atoms with E-state index < -0.39 is 0 Å². The van der Waals surface area contributed by atoms with E-state index in [9.17, 15) is 0 Å². The lowest BCUT2D eigenvalue weighted by atomic mass is 10.00. The SMILES string of the molecule is c1ccc(-c2cccc(-c3nc(-n4c5ccccc5c5c6c7ccccc7sc6c6ccccc6c54)nc4ncccc34)c2)cc1. The molecule has 0 amide bonds. The number of pyridine rings is 1. The van der Waals surface area contributed by atoms with Crippen LogP contribution in [0.3, 0.4) is 0 Å². The Morgan fingerprint density at radius 3 is 2.09 bits per heavy atom. The predicted molar refractivity (Wildman–Crippen MR) is 193 cm³/mol. The van der Waals surface area contributed by atoms with E-state index in [0.717, 1.165) is 33.2 Å². The van der Waals surface area contributed by atoms with Gasteiger partial charge in [0.15, 0.2) is 5.65 Å². The lowest BCUT2D eigenvalue weighted by Crippen LogP contribution is -2.04. The van der Waals surface area contributed by atoms with Gasteiger partial charge >= 0.3 is 0 Å². The second-order valence-corrected chi connectivity index (χ2v) is 12.7. The summed E-state index contributed by atoms with van der Waals surface area (Å²) in [6.07, 6.45) is 1.81. The van der Waals surface area contributed by atoms with E-state index in [4.69, 9.17) is 15.0 Å². The van der Waals surface area contributed by atoms with Gasteiger partial charge in [-0.25, -0.2) is 9.97 Å². The number of rotatable bonds is 3. The molecule has 0 unspecified atom stereocenters. The summed E-state index contributed by atoms with van der Waals surface area (Å²) in [5, 5.41) is 8.34. The van der Waals surface area contributed by atoms with Crippen molar-refractivity contribution < 1.29 is 0 Å². The van der Waals surface area contributed by atoms with Gasteiger partial charge in [-0.1, -0.05) is 109 Å². The molecule has 4 nitrogen and oxygen atoms in total. The number of fused-ring (bicyclic) bond motifs is 11. The molecule has 5 heteroatoms. The highest BCUT2D eigenvalue weighted by Gasteiger charge is 2.23. The Balaban J connectivity index is 1.36. The maximum atomic E-state index is 5.40.